The zero-order valence-corrected chi connectivity index (χ0v) is 16.7. The summed E-state index contributed by atoms with van der Waals surface area (Å²) in [6.07, 6.45) is 1.71. The number of carbonyl (C=O) groups is 2. The van der Waals surface area contributed by atoms with E-state index in [-0.39, 0.29) is 17.1 Å². The fourth-order valence-corrected chi connectivity index (χ4v) is 2.96. The Kier molecular flexibility index (Phi) is 6.76. The molecule has 0 amide bonds. The lowest BCUT2D eigenvalue weighted by atomic mass is 10.1. The number of hydrogen-bond acceptors (Lipinski definition) is 7. The van der Waals surface area contributed by atoms with Gasteiger partial charge in [0, 0.05) is 29.6 Å². The summed E-state index contributed by atoms with van der Waals surface area (Å²) < 4.78 is 17.1. The molecule has 1 aromatic carbocycles. The van der Waals surface area contributed by atoms with E-state index in [0.29, 0.717) is 12.1 Å². The maximum absolute atomic E-state index is 12.5. The molecular weight excluding hydrogens is 380 g/mol. The molecule has 2 aromatic rings. The van der Waals surface area contributed by atoms with Crippen LogP contribution in [0.3, 0.4) is 0 Å². The van der Waals surface area contributed by atoms with Gasteiger partial charge in [0.2, 0.25) is 5.78 Å². The normalized spacial score (nSPS) is 10.3. The fourth-order valence-electron chi connectivity index (χ4n) is 2.96. The number of hydrogen-bond donors (Lipinski definition) is 0. The molecule has 1 heterocycles. The molecule has 0 saturated carbocycles. The third-order valence-corrected chi connectivity index (χ3v) is 4.44. The zero-order chi connectivity index (χ0) is 21.7. The Bertz CT molecular complexity index is 976. The van der Waals surface area contributed by atoms with E-state index in [9.17, 15) is 19.7 Å². The Morgan fingerprint density at radius 1 is 1.14 bits per heavy atom. The number of methoxy groups -OCH3 is 2. The predicted octanol–water partition coefficient (Wildman–Crippen LogP) is 3.26. The predicted molar refractivity (Wildman–Crippen MR) is 105 cm³/mol. The van der Waals surface area contributed by atoms with E-state index in [4.69, 9.17) is 14.2 Å². The Morgan fingerprint density at radius 3 is 2.31 bits per heavy atom. The summed E-state index contributed by atoms with van der Waals surface area (Å²) in [5.74, 6) is -1.19. The Hall–Kier alpha value is -3.62. The maximum Gasteiger partial charge on any atom is 0.345 e. The summed E-state index contributed by atoms with van der Waals surface area (Å²) >= 11 is 0. The van der Waals surface area contributed by atoms with Crippen molar-refractivity contribution < 1.29 is 28.7 Å². The van der Waals surface area contributed by atoms with Crippen molar-refractivity contribution in [3.8, 4) is 11.5 Å². The van der Waals surface area contributed by atoms with Crippen molar-refractivity contribution in [1.29, 1.82) is 0 Å². The van der Waals surface area contributed by atoms with Gasteiger partial charge in [0.15, 0.2) is 18.1 Å². The van der Waals surface area contributed by atoms with Crippen molar-refractivity contribution in [2.75, 3.05) is 20.8 Å². The topological polar surface area (TPSA) is 110 Å². The standard InChI is InChI=1S/C20H22N2O7/c1-6-7-21-12(2)8-14(13(21)3)17(23)11-29-20(24)15-9-18(27-4)19(28-5)10-16(15)22(25)26/h6,8-10H,1,7,11H2,2-5H3. The van der Waals surface area contributed by atoms with Crippen molar-refractivity contribution in [2.45, 2.75) is 20.4 Å². The summed E-state index contributed by atoms with van der Waals surface area (Å²) in [7, 11) is 2.66. The number of Topliss-reactive ketones (excluding diaryl/α,β-unsaturated/α-hetero) is 1. The molecule has 0 bridgehead atoms. The summed E-state index contributed by atoms with van der Waals surface area (Å²) in [6, 6.07) is 3.92. The van der Waals surface area contributed by atoms with Crippen LogP contribution in [0.15, 0.2) is 30.9 Å². The SMILES string of the molecule is C=CCn1c(C)cc(C(=O)COC(=O)c2cc(OC)c(OC)cc2[N+](=O)[O-])c1C. The lowest BCUT2D eigenvalue weighted by Gasteiger charge is -2.10. The second kappa shape index (κ2) is 9.05. The van der Waals surface area contributed by atoms with Gasteiger partial charge in [0.25, 0.3) is 5.69 Å². The fraction of sp³-hybridized carbons (Fsp3) is 0.300. The molecule has 0 aliphatic heterocycles. The van der Waals surface area contributed by atoms with Crippen LogP contribution in [0.25, 0.3) is 0 Å². The van der Waals surface area contributed by atoms with E-state index in [0.717, 1.165) is 23.5 Å². The highest BCUT2D eigenvalue weighted by molar-refractivity contribution is 6.01. The van der Waals surface area contributed by atoms with Gasteiger partial charge in [-0.25, -0.2) is 4.79 Å². The highest BCUT2D eigenvalue weighted by atomic mass is 16.6. The average Bonchev–Trinajstić information content (AvgIpc) is 2.99. The van der Waals surface area contributed by atoms with Crippen LogP contribution in [-0.4, -0.2) is 42.1 Å². The molecular formula is C20H22N2O7. The second-order valence-electron chi connectivity index (χ2n) is 6.16. The van der Waals surface area contributed by atoms with Crippen LogP contribution in [0.2, 0.25) is 0 Å². The van der Waals surface area contributed by atoms with Gasteiger partial charge in [0.1, 0.15) is 5.56 Å². The van der Waals surface area contributed by atoms with Crippen LogP contribution < -0.4 is 9.47 Å². The van der Waals surface area contributed by atoms with Crippen LogP contribution in [0.1, 0.15) is 32.1 Å². The molecule has 0 N–H and O–H groups in total. The van der Waals surface area contributed by atoms with Crippen molar-refractivity contribution >= 4 is 17.4 Å². The second-order valence-corrected chi connectivity index (χ2v) is 6.16. The number of carbonyl (C=O) groups excluding carboxylic acids is 2. The quantitative estimate of drug-likeness (QED) is 0.208. The van der Waals surface area contributed by atoms with E-state index < -0.39 is 29.0 Å². The minimum Gasteiger partial charge on any atom is -0.493 e. The summed E-state index contributed by atoms with van der Waals surface area (Å²) in [5.41, 5.74) is 1.16. The Labute approximate surface area is 167 Å². The zero-order valence-electron chi connectivity index (χ0n) is 16.7. The minimum atomic E-state index is -1.01. The van der Waals surface area contributed by atoms with Crippen LogP contribution in [-0.2, 0) is 11.3 Å². The monoisotopic (exact) mass is 402 g/mol. The van der Waals surface area contributed by atoms with Gasteiger partial charge in [-0.05, 0) is 19.9 Å². The van der Waals surface area contributed by atoms with Gasteiger partial charge < -0.3 is 18.8 Å². The van der Waals surface area contributed by atoms with Crippen molar-refractivity contribution in [3.63, 3.8) is 0 Å². The van der Waals surface area contributed by atoms with Gasteiger partial charge in [-0.15, -0.1) is 6.58 Å². The first-order valence-electron chi connectivity index (χ1n) is 8.63. The highest BCUT2D eigenvalue weighted by Crippen LogP contribution is 2.34. The average molecular weight is 402 g/mol. The van der Waals surface area contributed by atoms with Crippen molar-refractivity contribution in [1.82, 2.24) is 4.57 Å². The third kappa shape index (κ3) is 4.45. The minimum absolute atomic E-state index is 0.0986. The molecule has 0 aliphatic rings. The van der Waals surface area contributed by atoms with Gasteiger partial charge >= 0.3 is 5.97 Å². The number of nitro benzene ring substituents is 1. The van der Waals surface area contributed by atoms with Crippen LogP contribution in [0.4, 0.5) is 5.69 Å². The van der Waals surface area contributed by atoms with Crippen molar-refractivity contribution in [2.24, 2.45) is 0 Å². The molecule has 0 radical (unpaired) electrons. The van der Waals surface area contributed by atoms with Crippen LogP contribution in [0.5, 0.6) is 11.5 Å². The number of allylic oxidation sites excluding steroid dienone is 1. The van der Waals surface area contributed by atoms with E-state index in [1.807, 2.05) is 11.5 Å². The molecule has 29 heavy (non-hydrogen) atoms. The number of nitro groups is 1. The molecule has 9 heteroatoms. The summed E-state index contributed by atoms with van der Waals surface area (Å²) in [5, 5.41) is 11.3. The molecule has 0 atom stereocenters. The van der Waals surface area contributed by atoms with Gasteiger partial charge in [-0.1, -0.05) is 6.08 Å². The maximum atomic E-state index is 12.5. The smallest absolute Gasteiger partial charge is 0.345 e. The summed E-state index contributed by atoms with van der Waals surface area (Å²) in [4.78, 5) is 35.5. The number of esters is 1. The molecule has 2 rings (SSSR count). The number of ketones is 1. The highest BCUT2D eigenvalue weighted by Gasteiger charge is 2.26. The van der Waals surface area contributed by atoms with Gasteiger partial charge in [-0.2, -0.15) is 0 Å². The molecule has 0 saturated heterocycles. The van der Waals surface area contributed by atoms with E-state index in [2.05, 4.69) is 6.58 Å². The van der Waals surface area contributed by atoms with Gasteiger partial charge in [0.05, 0.1) is 25.2 Å². The largest absolute Gasteiger partial charge is 0.493 e. The third-order valence-electron chi connectivity index (χ3n) is 4.44. The first kappa shape index (κ1) is 21.7. The lowest BCUT2D eigenvalue weighted by molar-refractivity contribution is -0.385. The molecule has 0 fully saturated rings. The Morgan fingerprint density at radius 2 is 1.76 bits per heavy atom. The number of benzene rings is 1. The summed E-state index contributed by atoms with van der Waals surface area (Å²) in [6.45, 7) is 7.31. The number of aryl methyl sites for hydroxylation is 1. The first-order chi connectivity index (χ1) is 13.7. The molecule has 0 unspecified atom stereocenters. The number of nitrogens with zero attached hydrogens (tertiary/aromatic N) is 2. The lowest BCUT2D eigenvalue weighted by Crippen LogP contribution is -2.16. The van der Waals surface area contributed by atoms with Crippen LogP contribution >= 0.6 is 0 Å². The molecule has 9 nitrogen and oxygen atoms in total. The van der Waals surface area contributed by atoms with E-state index >= 15 is 0 Å². The number of aromatic nitrogens is 1. The first-order valence-corrected chi connectivity index (χ1v) is 8.63. The van der Waals surface area contributed by atoms with Crippen LogP contribution in [0, 0.1) is 24.0 Å². The van der Waals surface area contributed by atoms with E-state index in [1.165, 1.54) is 14.2 Å². The van der Waals surface area contributed by atoms with Gasteiger partial charge in [-0.3, -0.25) is 14.9 Å². The molecule has 0 aliphatic carbocycles. The molecule has 154 valence electrons. The Balaban J connectivity index is 2.25. The van der Waals surface area contributed by atoms with Crippen molar-refractivity contribution in [3.05, 3.63) is 63.5 Å². The molecule has 1 aromatic heterocycles. The molecule has 0 spiro atoms. The van der Waals surface area contributed by atoms with E-state index in [1.54, 1.807) is 19.1 Å². The number of ether oxygens (including phenoxy) is 3. The number of rotatable bonds is 9.